The lowest BCUT2D eigenvalue weighted by Crippen LogP contribution is -2.43. The Morgan fingerprint density at radius 1 is 1.03 bits per heavy atom. The lowest BCUT2D eigenvalue weighted by Gasteiger charge is -2.32. The van der Waals surface area contributed by atoms with Gasteiger partial charge in [-0.25, -0.2) is 4.39 Å². The van der Waals surface area contributed by atoms with Crippen molar-refractivity contribution < 1.29 is 4.39 Å². The molecule has 0 radical (unpaired) electrons. The summed E-state index contributed by atoms with van der Waals surface area (Å²) in [7, 11) is 2.13. The van der Waals surface area contributed by atoms with Gasteiger partial charge in [-0.1, -0.05) is 18.2 Å². The number of nitrogen functional groups attached to an aromatic ring is 1. The Labute approximate surface area is 204 Å². The molecule has 0 atom stereocenters. The molecule has 1 aliphatic rings. The molecule has 1 fully saturated rings. The molecule has 1 saturated heterocycles. The predicted octanol–water partition coefficient (Wildman–Crippen LogP) is 5.11. The van der Waals surface area contributed by atoms with Crippen LogP contribution in [-0.2, 0) is 6.54 Å². The summed E-state index contributed by atoms with van der Waals surface area (Å²) in [5.74, 6) is -0.219. The Hall–Kier alpha value is -3.81. The minimum Gasteiger partial charge on any atom is -0.398 e. The SMILES string of the molecule is CN1CCN(Cc2ccc(-c3ccc4nccc(Nc5ccc(N)c(C=N)c5)c4c3)c(F)c2)CC1. The number of halogens is 1. The lowest BCUT2D eigenvalue weighted by molar-refractivity contribution is 0.148. The number of rotatable bonds is 6. The van der Waals surface area contributed by atoms with Crippen molar-refractivity contribution in [1.82, 2.24) is 14.8 Å². The van der Waals surface area contributed by atoms with E-state index in [1.807, 2.05) is 48.5 Å². The lowest BCUT2D eigenvalue weighted by atomic mass is 10.00. The third kappa shape index (κ3) is 5.01. The predicted molar refractivity (Wildman–Crippen MR) is 142 cm³/mol. The van der Waals surface area contributed by atoms with Crippen LogP contribution < -0.4 is 11.1 Å². The van der Waals surface area contributed by atoms with Crippen molar-refractivity contribution in [2.24, 2.45) is 0 Å². The van der Waals surface area contributed by atoms with E-state index >= 15 is 4.39 Å². The van der Waals surface area contributed by atoms with Crippen LogP contribution in [0.25, 0.3) is 22.0 Å². The fraction of sp³-hybridized carbons (Fsp3) is 0.214. The standard InChI is InChI=1S/C28H29FN6/c1-34-10-12-35(13-11-34)18-19-2-5-23(25(29)14-19)20-3-7-27-24(16-20)28(8-9-32-27)33-22-4-6-26(31)21(15-22)17-30/h2-9,14-17,30H,10-13,18,31H2,1H3,(H,32,33). The first-order chi connectivity index (χ1) is 17.0. The van der Waals surface area contributed by atoms with Gasteiger partial charge in [0.2, 0.25) is 0 Å². The van der Waals surface area contributed by atoms with Gasteiger partial charge in [0.15, 0.2) is 0 Å². The zero-order valence-electron chi connectivity index (χ0n) is 19.8. The molecule has 0 bridgehead atoms. The van der Waals surface area contributed by atoms with Crippen LogP contribution in [0.5, 0.6) is 0 Å². The van der Waals surface area contributed by atoms with Crippen molar-refractivity contribution in [1.29, 1.82) is 5.41 Å². The molecule has 1 aliphatic heterocycles. The number of benzene rings is 3. The maximum atomic E-state index is 15.2. The van der Waals surface area contributed by atoms with E-state index in [0.717, 1.165) is 66.1 Å². The monoisotopic (exact) mass is 468 g/mol. The van der Waals surface area contributed by atoms with Gasteiger partial charge in [0.25, 0.3) is 0 Å². The Balaban J connectivity index is 1.42. The van der Waals surface area contributed by atoms with Gasteiger partial charge in [-0.05, 0) is 60.6 Å². The van der Waals surface area contributed by atoms with E-state index in [-0.39, 0.29) is 5.82 Å². The van der Waals surface area contributed by atoms with Crippen molar-refractivity contribution in [3.63, 3.8) is 0 Å². The molecule has 5 rings (SSSR count). The van der Waals surface area contributed by atoms with Crippen LogP contribution in [0.2, 0.25) is 0 Å². The third-order valence-corrected chi connectivity index (χ3v) is 6.61. The zero-order chi connectivity index (χ0) is 24.4. The smallest absolute Gasteiger partial charge is 0.131 e. The molecule has 4 N–H and O–H groups in total. The number of pyridine rings is 1. The molecule has 0 saturated carbocycles. The molecule has 35 heavy (non-hydrogen) atoms. The van der Waals surface area contributed by atoms with Crippen LogP contribution in [0.3, 0.4) is 0 Å². The van der Waals surface area contributed by atoms with Crippen LogP contribution in [0.15, 0.2) is 66.9 Å². The average molecular weight is 469 g/mol. The number of nitrogens with one attached hydrogen (secondary N) is 2. The molecule has 0 unspecified atom stereocenters. The van der Waals surface area contributed by atoms with Crippen LogP contribution >= 0.6 is 0 Å². The number of aromatic nitrogens is 1. The second-order valence-electron chi connectivity index (χ2n) is 9.10. The quantitative estimate of drug-likeness (QED) is 0.271. The fourth-order valence-electron chi connectivity index (χ4n) is 4.51. The van der Waals surface area contributed by atoms with Gasteiger partial charge >= 0.3 is 0 Å². The highest BCUT2D eigenvalue weighted by molar-refractivity contribution is 5.96. The highest BCUT2D eigenvalue weighted by Gasteiger charge is 2.15. The first kappa shape index (κ1) is 23.0. The molecule has 2 heterocycles. The molecule has 0 spiro atoms. The summed E-state index contributed by atoms with van der Waals surface area (Å²) in [6.07, 6.45) is 2.98. The van der Waals surface area contributed by atoms with Gasteiger partial charge in [0, 0.05) is 78.7 Å². The van der Waals surface area contributed by atoms with Crippen molar-refractivity contribution in [3.05, 3.63) is 83.8 Å². The second-order valence-corrected chi connectivity index (χ2v) is 9.10. The number of anilines is 3. The number of likely N-dealkylation sites (N-methyl/N-ethyl adjacent to an activating group) is 1. The molecule has 0 aliphatic carbocycles. The summed E-state index contributed by atoms with van der Waals surface area (Å²) in [6.45, 7) is 4.85. The topological polar surface area (TPSA) is 81.3 Å². The molecule has 4 aromatic rings. The van der Waals surface area contributed by atoms with Crippen molar-refractivity contribution in [2.45, 2.75) is 6.54 Å². The van der Waals surface area contributed by atoms with E-state index < -0.39 is 0 Å². The summed E-state index contributed by atoms with van der Waals surface area (Å²) in [5.41, 5.74) is 12.0. The van der Waals surface area contributed by atoms with Crippen LogP contribution in [-0.4, -0.2) is 54.2 Å². The highest BCUT2D eigenvalue weighted by atomic mass is 19.1. The van der Waals surface area contributed by atoms with Crippen molar-refractivity contribution >= 4 is 34.2 Å². The summed E-state index contributed by atoms with van der Waals surface area (Å²) < 4.78 is 15.2. The van der Waals surface area contributed by atoms with Crippen molar-refractivity contribution in [3.8, 4) is 11.1 Å². The van der Waals surface area contributed by atoms with E-state index in [2.05, 4.69) is 27.1 Å². The minimum atomic E-state index is -0.219. The van der Waals surface area contributed by atoms with Crippen LogP contribution in [0, 0.1) is 11.2 Å². The Kier molecular flexibility index (Phi) is 6.44. The van der Waals surface area contributed by atoms with Gasteiger partial charge in [0.1, 0.15) is 5.82 Å². The zero-order valence-corrected chi connectivity index (χ0v) is 19.8. The normalized spacial score (nSPS) is 14.8. The van der Waals surface area contributed by atoms with Gasteiger partial charge in [0.05, 0.1) is 5.52 Å². The number of hydrogen-bond donors (Lipinski definition) is 3. The number of piperazine rings is 1. The molecule has 1 aromatic heterocycles. The number of nitrogens with zero attached hydrogens (tertiary/aromatic N) is 3. The first-order valence-electron chi connectivity index (χ1n) is 11.8. The summed E-state index contributed by atoms with van der Waals surface area (Å²) in [6, 6.07) is 18.7. The van der Waals surface area contributed by atoms with E-state index in [1.165, 1.54) is 6.21 Å². The first-order valence-corrected chi connectivity index (χ1v) is 11.8. The van der Waals surface area contributed by atoms with E-state index in [1.54, 1.807) is 18.3 Å². The maximum Gasteiger partial charge on any atom is 0.131 e. The summed E-state index contributed by atoms with van der Waals surface area (Å²) in [4.78, 5) is 9.16. The highest BCUT2D eigenvalue weighted by Crippen LogP contribution is 2.32. The van der Waals surface area contributed by atoms with E-state index in [4.69, 9.17) is 11.1 Å². The molecule has 3 aromatic carbocycles. The number of hydrogen-bond acceptors (Lipinski definition) is 6. The molecular formula is C28H29FN6. The third-order valence-electron chi connectivity index (χ3n) is 6.61. The van der Waals surface area contributed by atoms with Gasteiger partial charge in [-0.3, -0.25) is 9.88 Å². The minimum absolute atomic E-state index is 0.219. The largest absolute Gasteiger partial charge is 0.398 e. The van der Waals surface area contributed by atoms with Gasteiger partial charge in [-0.15, -0.1) is 0 Å². The summed E-state index contributed by atoms with van der Waals surface area (Å²) in [5, 5.41) is 11.8. The van der Waals surface area contributed by atoms with Crippen LogP contribution in [0.4, 0.5) is 21.5 Å². The van der Waals surface area contributed by atoms with E-state index in [0.29, 0.717) is 16.8 Å². The maximum absolute atomic E-state index is 15.2. The molecule has 178 valence electrons. The molecule has 7 heteroatoms. The second kappa shape index (κ2) is 9.82. The molecule has 6 nitrogen and oxygen atoms in total. The Bertz CT molecular complexity index is 1380. The molecular weight excluding hydrogens is 439 g/mol. The van der Waals surface area contributed by atoms with Gasteiger partial charge in [-0.2, -0.15) is 0 Å². The Morgan fingerprint density at radius 3 is 2.63 bits per heavy atom. The van der Waals surface area contributed by atoms with Crippen molar-refractivity contribution in [2.75, 3.05) is 44.3 Å². The summed E-state index contributed by atoms with van der Waals surface area (Å²) >= 11 is 0. The molecule has 0 amide bonds. The number of nitrogens with two attached hydrogens (primary N) is 1. The average Bonchev–Trinajstić information content (AvgIpc) is 2.87. The van der Waals surface area contributed by atoms with Gasteiger partial charge < -0.3 is 21.4 Å². The Morgan fingerprint density at radius 2 is 1.86 bits per heavy atom. The fourth-order valence-corrected chi connectivity index (χ4v) is 4.51. The van der Waals surface area contributed by atoms with E-state index in [9.17, 15) is 0 Å². The number of fused-ring (bicyclic) bond motifs is 1. The van der Waals surface area contributed by atoms with Crippen LogP contribution in [0.1, 0.15) is 11.1 Å².